The van der Waals surface area contributed by atoms with Gasteiger partial charge in [-0.2, -0.15) is 10.4 Å². The monoisotopic (exact) mass is 551 g/mol. The number of esters is 2. The van der Waals surface area contributed by atoms with E-state index in [-0.39, 0.29) is 28.4 Å². The molecule has 0 amide bonds. The molecule has 1 aliphatic rings. The van der Waals surface area contributed by atoms with Crippen molar-refractivity contribution in [2.75, 3.05) is 19.1 Å². The van der Waals surface area contributed by atoms with Crippen LogP contribution in [0, 0.1) is 17.1 Å². The van der Waals surface area contributed by atoms with Crippen LogP contribution in [0.2, 0.25) is 0 Å². The minimum absolute atomic E-state index is 0.0360. The summed E-state index contributed by atoms with van der Waals surface area (Å²) in [6, 6.07) is 14.4. The van der Waals surface area contributed by atoms with Crippen molar-refractivity contribution in [3.8, 4) is 11.8 Å². The van der Waals surface area contributed by atoms with Gasteiger partial charge < -0.3 is 15.2 Å². The van der Waals surface area contributed by atoms with E-state index >= 15 is 0 Å². The van der Waals surface area contributed by atoms with E-state index < -0.39 is 23.7 Å². The lowest BCUT2D eigenvalue weighted by atomic mass is 9.81. The van der Waals surface area contributed by atoms with Crippen LogP contribution in [0.4, 0.5) is 10.1 Å². The molecule has 2 heterocycles. The lowest BCUT2D eigenvalue weighted by Gasteiger charge is -2.36. The number of carbonyl (C=O) groups excluding carboxylic acids is 2. The van der Waals surface area contributed by atoms with Crippen LogP contribution in [0.5, 0.6) is 0 Å². The molecule has 3 aromatic rings. The molecule has 0 saturated heterocycles. The van der Waals surface area contributed by atoms with Gasteiger partial charge in [-0.25, -0.2) is 18.7 Å². The molecule has 0 bridgehead atoms. The van der Waals surface area contributed by atoms with Gasteiger partial charge in [-0.3, -0.25) is 4.90 Å². The van der Waals surface area contributed by atoms with Gasteiger partial charge in [0.25, 0.3) is 0 Å². The molecular formula is C25H19BrFN5O4. The molecule has 36 heavy (non-hydrogen) atoms. The number of hydrogen-bond donors (Lipinski definition) is 1. The summed E-state index contributed by atoms with van der Waals surface area (Å²) < 4.78 is 26.7. The Morgan fingerprint density at radius 3 is 2.39 bits per heavy atom. The second-order valence-corrected chi connectivity index (χ2v) is 8.49. The predicted molar refractivity (Wildman–Crippen MR) is 131 cm³/mol. The van der Waals surface area contributed by atoms with Crippen LogP contribution in [0.25, 0.3) is 5.69 Å². The molecule has 2 aromatic carbocycles. The number of nitrogens with two attached hydrogens (primary N) is 1. The number of rotatable bonds is 5. The van der Waals surface area contributed by atoms with Crippen molar-refractivity contribution in [1.82, 2.24) is 9.78 Å². The summed E-state index contributed by atoms with van der Waals surface area (Å²) in [7, 11) is 2.29. The quantitative estimate of drug-likeness (QED) is 0.476. The van der Waals surface area contributed by atoms with E-state index in [1.165, 1.54) is 23.0 Å². The van der Waals surface area contributed by atoms with E-state index in [0.717, 1.165) is 25.2 Å². The Hall–Kier alpha value is -4.43. The van der Waals surface area contributed by atoms with Gasteiger partial charge in [0.15, 0.2) is 0 Å². The van der Waals surface area contributed by atoms with Crippen LogP contribution >= 0.6 is 15.9 Å². The highest BCUT2D eigenvalue weighted by atomic mass is 79.9. The Labute approximate surface area is 213 Å². The smallest absolute Gasteiger partial charge is 0.355 e. The second kappa shape index (κ2) is 10.1. The third-order valence-electron chi connectivity index (χ3n) is 5.59. The molecular weight excluding hydrogens is 533 g/mol. The van der Waals surface area contributed by atoms with Crippen LogP contribution in [-0.4, -0.2) is 35.9 Å². The SMILES string of the molecule is COC(=O)C1=C(C(=O)OC)N(c2cc(F)ccc2-n2cc(Br)cn2)C(N)=C(C#N)C1c1ccccc1. The summed E-state index contributed by atoms with van der Waals surface area (Å²) in [4.78, 5) is 27.5. The summed E-state index contributed by atoms with van der Waals surface area (Å²) in [6.45, 7) is 0. The number of nitrogens with zero attached hydrogens (tertiary/aromatic N) is 4. The zero-order valence-corrected chi connectivity index (χ0v) is 20.7. The summed E-state index contributed by atoms with van der Waals surface area (Å²) in [5, 5.41) is 14.4. The first-order valence-electron chi connectivity index (χ1n) is 10.5. The van der Waals surface area contributed by atoms with Crippen molar-refractivity contribution in [3.05, 3.63) is 99.4 Å². The number of allylic oxidation sites excluding steroid dienone is 1. The molecule has 0 fully saturated rings. The second-order valence-electron chi connectivity index (χ2n) is 7.57. The van der Waals surface area contributed by atoms with Crippen molar-refractivity contribution in [3.63, 3.8) is 0 Å². The van der Waals surface area contributed by atoms with Gasteiger partial charge in [-0.15, -0.1) is 0 Å². The van der Waals surface area contributed by atoms with E-state index in [0.29, 0.717) is 15.7 Å². The van der Waals surface area contributed by atoms with E-state index in [4.69, 9.17) is 15.2 Å². The number of nitriles is 1. The Morgan fingerprint density at radius 1 is 1.11 bits per heavy atom. The normalized spacial score (nSPS) is 15.5. The molecule has 4 rings (SSSR count). The fourth-order valence-electron chi connectivity index (χ4n) is 4.07. The summed E-state index contributed by atoms with van der Waals surface area (Å²) >= 11 is 3.32. The maximum Gasteiger partial charge on any atom is 0.355 e. The fraction of sp³-hybridized carbons (Fsp3) is 0.120. The highest BCUT2D eigenvalue weighted by molar-refractivity contribution is 9.10. The molecule has 0 radical (unpaired) electrons. The molecule has 0 saturated carbocycles. The summed E-state index contributed by atoms with van der Waals surface area (Å²) in [6.07, 6.45) is 3.13. The van der Waals surface area contributed by atoms with Crippen LogP contribution in [-0.2, 0) is 19.1 Å². The lowest BCUT2D eigenvalue weighted by Crippen LogP contribution is -2.41. The largest absolute Gasteiger partial charge is 0.466 e. The minimum Gasteiger partial charge on any atom is -0.466 e. The molecule has 2 N–H and O–H groups in total. The van der Waals surface area contributed by atoms with Gasteiger partial charge in [-0.05, 0) is 33.6 Å². The van der Waals surface area contributed by atoms with Crippen molar-refractivity contribution in [2.45, 2.75) is 5.92 Å². The zero-order valence-electron chi connectivity index (χ0n) is 19.1. The predicted octanol–water partition coefficient (Wildman–Crippen LogP) is 3.67. The van der Waals surface area contributed by atoms with Crippen LogP contribution in [0.15, 0.2) is 88.1 Å². The van der Waals surface area contributed by atoms with Crippen LogP contribution in [0.1, 0.15) is 11.5 Å². The number of aromatic nitrogens is 2. The summed E-state index contributed by atoms with van der Waals surface area (Å²) in [5.41, 5.74) is 6.86. The van der Waals surface area contributed by atoms with E-state index in [9.17, 15) is 19.2 Å². The Balaban J connectivity index is 2.11. The highest BCUT2D eigenvalue weighted by Crippen LogP contribution is 2.44. The minimum atomic E-state index is -1.04. The topological polar surface area (TPSA) is 123 Å². The molecule has 0 spiro atoms. The van der Waals surface area contributed by atoms with Crippen molar-refractivity contribution < 1.29 is 23.5 Å². The first-order chi connectivity index (χ1) is 17.3. The van der Waals surface area contributed by atoms with Crippen LogP contribution < -0.4 is 10.6 Å². The van der Waals surface area contributed by atoms with E-state index in [1.807, 2.05) is 0 Å². The van der Waals surface area contributed by atoms with Crippen molar-refractivity contribution in [1.29, 1.82) is 5.26 Å². The molecule has 1 aromatic heterocycles. The van der Waals surface area contributed by atoms with Crippen molar-refractivity contribution >= 4 is 33.6 Å². The van der Waals surface area contributed by atoms with Gasteiger partial charge in [0.1, 0.15) is 17.3 Å². The zero-order chi connectivity index (χ0) is 26.0. The average molecular weight is 552 g/mol. The van der Waals surface area contributed by atoms with Gasteiger partial charge in [0.2, 0.25) is 0 Å². The highest BCUT2D eigenvalue weighted by Gasteiger charge is 2.43. The Bertz CT molecular complexity index is 1460. The molecule has 182 valence electrons. The lowest BCUT2D eigenvalue weighted by molar-refractivity contribution is -0.139. The number of anilines is 1. The molecule has 0 aliphatic carbocycles. The molecule has 1 atom stereocenters. The van der Waals surface area contributed by atoms with E-state index in [2.05, 4.69) is 27.1 Å². The Kier molecular flexibility index (Phi) is 6.89. The number of ether oxygens (including phenoxy) is 2. The molecule has 1 unspecified atom stereocenters. The maximum atomic E-state index is 14.6. The molecule has 11 heteroatoms. The fourth-order valence-corrected chi connectivity index (χ4v) is 4.35. The first kappa shape index (κ1) is 24.7. The van der Waals surface area contributed by atoms with Crippen molar-refractivity contribution in [2.24, 2.45) is 5.73 Å². The van der Waals surface area contributed by atoms with E-state index in [1.54, 1.807) is 36.5 Å². The number of benzene rings is 2. The number of halogens is 2. The molecule has 1 aliphatic heterocycles. The standard InChI is InChI=1S/C25H19BrFN5O4/c1-35-24(33)21-20(14-6-4-3-5-7-14)17(11-28)23(29)32(22(21)25(34)36-2)19-10-16(27)8-9-18(19)31-13-15(26)12-30-31/h3-10,12-13,20H,29H2,1-2H3. The number of carbonyl (C=O) groups is 2. The van der Waals surface area contributed by atoms with Crippen LogP contribution in [0.3, 0.4) is 0 Å². The summed E-state index contributed by atoms with van der Waals surface area (Å²) in [5.74, 6) is -3.69. The Morgan fingerprint density at radius 2 is 1.81 bits per heavy atom. The number of methoxy groups -OCH3 is 2. The van der Waals surface area contributed by atoms with Gasteiger partial charge in [0.05, 0.1) is 59.4 Å². The van der Waals surface area contributed by atoms with Gasteiger partial charge in [-0.1, -0.05) is 30.3 Å². The third kappa shape index (κ3) is 4.23. The third-order valence-corrected chi connectivity index (χ3v) is 6.00. The first-order valence-corrected chi connectivity index (χ1v) is 11.3. The number of hydrogen-bond acceptors (Lipinski definition) is 8. The van der Waals surface area contributed by atoms with Gasteiger partial charge >= 0.3 is 11.9 Å². The maximum absolute atomic E-state index is 14.6. The molecule has 9 nitrogen and oxygen atoms in total. The van der Waals surface area contributed by atoms with Gasteiger partial charge in [0, 0.05) is 12.3 Å². The average Bonchev–Trinajstić information content (AvgIpc) is 3.33.